The van der Waals surface area contributed by atoms with Crippen LogP contribution in [0.2, 0.25) is 0 Å². The molecule has 16 heteroatoms. The molecule has 4 rings (SSSR count). The Balaban J connectivity index is 1.70. The molecule has 1 aliphatic rings. The summed E-state index contributed by atoms with van der Waals surface area (Å²) in [7, 11) is -4.04. The minimum Gasteiger partial charge on any atom is -0.366 e. The van der Waals surface area contributed by atoms with Crippen LogP contribution in [0.4, 0.5) is 30.7 Å². The zero-order valence-corrected chi connectivity index (χ0v) is 21.1. The van der Waals surface area contributed by atoms with E-state index in [4.69, 9.17) is 5.73 Å². The second kappa shape index (κ2) is 10.6. The molecule has 214 valence electrons. The third-order valence-electron chi connectivity index (χ3n) is 6.05. The maximum absolute atomic E-state index is 13.5. The van der Waals surface area contributed by atoms with Crippen LogP contribution in [0.1, 0.15) is 29.5 Å². The molecule has 0 saturated carbocycles. The van der Waals surface area contributed by atoms with Crippen molar-refractivity contribution in [1.82, 2.24) is 19.1 Å². The Kier molecular flexibility index (Phi) is 7.77. The summed E-state index contributed by atoms with van der Waals surface area (Å²) in [6.45, 7) is -0.0564. The van der Waals surface area contributed by atoms with Gasteiger partial charge in [-0.25, -0.2) is 22.5 Å². The van der Waals surface area contributed by atoms with Gasteiger partial charge in [0.25, 0.3) is 5.91 Å². The molecule has 0 radical (unpaired) electrons. The number of sulfonamides is 1. The summed E-state index contributed by atoms with van der Waals surface area (Å²) in [6, 6.07) is 6.01. The Morgan fingerprint density at radius 3 is 2.12 bits per heavy atom. The molecule has 1 fully saturated rings. The van der Waals surface area contributed by atoms with Gasteiger partial charge >= 0.3 is 12.4 Å². The van der Waals surface area contributed by atoms with E-state index in [-0.39, 0.29) is 48.0 Å². The second-order valence-electron chi connectivity index (χ2n) is 8.86. The monoisotopic (exact) mass is 591 g/mol. The maximum Gasteiger partial charge on any atom is 0.416 e. The first-order valence-corrected chi connectivity index (χ1v) is 13.0. The Hall–Kier alpha value is -3.79. The fraction of sp³-hybridized carbons (Fsp3) is 0.292. The maximum atomic E-state index is 13.5. The van der Waals surface area contributed by atoms with Crippen molar-refractivity contribution < 1.29 is 43.9 Å². The number of rotatable bonds is 6. The van der Waals surface area contributed by atoms with Gasteiger partial charge in [-0.05, 0) is 48.7 Å². The zero-order chi connectivity index (χ0) is 29.5. The molecule has 0 atom stereocenters. The van der Waals surface area contributed by atoms with E-state index in [1.54, 1.807) is 0 Å². The lowest BCUT2D eigenvalue weighted by Crippen LogP contribution is -2.39. The predicted molar refractivity (Wildman–Crippen MR) is 128 cm³/mol. The molecule has 0 bridgehead atoms. The number of hydrogen-bond donors (Lipinski definition) is 1. The van der Waals surface area contributed by atoms with Crippen molar-refractivity contribution in [3.05, 3.63) is 65.5 Å². The molecule has 1 aromatic heterocycles. The van der Waals surface area contributed by atoms with Gasteiger partial charge in [0.2, 0.25) is 10.0 Å². The van der Waals surface area contributed by atoms with Gasteiger partial charge in [-0.2, -0.15) is 30.6 Å². The van der Waals surface area contributed by atoms with E-state index in [2.05, 4.69) is 10.1 Å². The standard InChI is InChI=1S/C24H20F7N5O3S/c25-18-4-6-36(7-5-18)40(38,39)19-3-1-2-14(10-19)20(21(32)37)12-35-13-33-22(34-35)15-8-16(23(26,27)28)11-17(9-15)24(29,30)31/h1-3,8-13,18H,4-7H2,(H2,32,37)/b20-12+. The van der Waals surface area contributed by atoms with Gasteiger partial charge in [0, 0.05) is 24.9 Å². The molecule has 2 aromatic carbocycles. The second-order valence-corrected chi connectivity index (χ2v) is 10.8. The predicted octanol–water partition coefficient (Wildman–Crippen LogP) is 4.59. The molecule has 1 amide bonds. The average Bonchev–Trinajstić information content (AvgIpc) is 3.35. The van der Waals surface area contributed by atoms with Crippen LogP contribution in [0, 0.1) is 0 Å². The van der Waals surface area contributed by atoms with Crippen LogP contribution >= 0.6 is 0 Å². The van der Waals surface area contributed by atoms with Crippen molar-refractivity contribution in [2.75, 3.05) is 13.1 Å². The lowest BCUT2D eigenvalue weighted by Gasteiger charge is -2.28. The Labute approximate surface area is 223 Å². The molecule has 1 aliphatic heterocycles. The van der Waals surface area contributed by atoms with Crippen molar-refractivity contribution in [3.8, 4) is 11.4 Å². The van der Waals surface area contributed by atoms with E-state index >= 15 is 0 Å². The van der Waals surface area contributed by atoms with E-state index in [9.17, 15) is 43.9 Å². The Bertz CT molecular complexity index is 1520. The van der Waals surface area contributed by atoms with Gasteiger partial charge in [0.15, 0.2) is 5.82 Å². The van der Waals surface area contributed by atoms with Gasteiger partial charge in [-0.1, -0.05) is 12.1 Å². The molecule has 40 heavy (non-hydrogen) atoms. The number of piperidine rings is 1. The van der Waals surface area contributed by atoms with E-state index < -0.39 is 57.0 Å². The van der Waals surface area contributed by atoms with Crippen molar-refractivity contribution in [2.45, 2.75) is 36.3 Å². The number of nitrogens with two attached hydrogens (primary N) is 1. The fourth-order valence-electron chi connectivity index (χ4n) is 4.00. The van der Waals surface area contributed by atoms with Crippen molar-refractivity contribution in [2.24, 2.45) is 5.73 Å². The molecule has 1 saturated heterocycles. The van der Waals surface area contributed by atoms with Crippen LogP contribution in [0.3, 0.4) is 0 Å². The zero-order valence-electron chi connectivity index (χ0n) is 20.2. The van der Waals surface area contributed by atoms with E-state index in [1.165, 1.54) is 18.2 Å². The van der Waals surface area contributed by atoms with E-state index in [1.807, 2.05) is 0 Å². The highest BCUT2D eigenvalue weighted by atomic mass is 32.2. The minimum atomic E-state index is -5.08. The highest BCUT2D eigenvalue weighted by molar-refractivity contribution is 7.89. The molecule has 2 heterocycles. The lowest BCUT2D eigenvalue weighted by atomic mass is 10.0. The molecular weight excluding hydrogens is 571 g/mol. The number of carbonyl (C=O) groups excluding carboxylic acids is 1. The SMILES string of the molecule is NC(=O)/C(=C/n1cnc(-c2cc(C(F)(F)F)cc(C(F)(F)F)c2)n1)c1cccc(S(=O)(=O)N2CCC(F)CC2)c1. The number of alkyl halides is 7. The number of hydrogen-bond acceptors (Lipinski definition) is 5. The van der Waals surface area contributed by atoms with Crippen molar-refractivity contribution in [1.29, 1.82) is 0 Å². The van der Waals surface area contributed by atoms with Gasteiger partial charge in [0.05, 0.1) is 21.6 Å². The van der Waals surface area contributed by atoms with Gasteiger partial charge in [-0.3, -0.25) is 4.79 Å². The smallest absolute Gasteiger partial charge is 0.366 e. The first kappa shape index (κ1) is 29.2. The van der Waals surface area contributed by atoms with E-state index in [0.717, 1.165) is 27.6 Å². The van der Waals surface area contributed by atoms with Crippen LogP contribution in [0.15, 0.2) is 53.7 Å². The first-order chi connectivity index (χ1) is 18.6. The molecule has 3 aromatic rings. The third kappa shape index (κ3) is 6.33. The highest BCUT2D eigenvalue weighted by Gasteiger charge is 2.37. The average molecular weight is 592 g/mol. The normalized spacial score (nSPS) is 16.3. The molecular formula is C24H20F7N5O3S. The van der Waals surface area contributed by atoms with Crippen LogP contribution in [0.5, 0.6) is 0 Å². The van der Waals surface area contributed by atoms with Gasteiger partial charge in [-0.15, -0.1) is 5.10 Å². The number of primary amides is 1. The number of aromatic nitrogens is 3. The van der Waals surface area contributed by atoms with Crippen LogP contribution < -0.4 is 5.73 Å². The van der Waals surface area contributed by atoms with Crippen LogP contribution in [0.25, 0.3) is 23.2 Å². The summed E-state index contributed by atoms with van der Waals surface area (Å²) < 4.78 is 121. The quantitative estimate of drug-likeness (QED) is 0.333. The summed E-state index contributed by atoms with van der Waals surface area (Å²) in [5.41, 5.74) is 1.52. The van der Waals surface area contributed by atoms with E-state index in [0.29, 0.717) is 12.1 Å². The van der Waals surface area contributed by atoms with Gasteiger partial charge < -0.3 is 5.73 Å². The van der Waals surface area contributed by atoms with Gasteiger partial charge in [0.1, 0.15) is 12.5 Å². The number of amides is 1. The Morgan fingerprint density at radius 1 is 0.975 bits per heavy atom. The molecule has 8 nitrogen and oxygen atoms in total. The topological polar surface area (TPSA) is 111 Å². The summed E-state index contributed by atoms with van der Waals surface area (Å²) in [4.78, 5) is 15.8. The first-order valence-electron chi connectivity index (χ1n) is 11.5. The molecule has 0 spiro atoms. The summed E-state index contributed by atoms with van der Waals surface area (Å²) >= 11 is 0. The van der Waals surface area contributed by atoms with Crippen LogP contribution in [-0.2, 0) is 27.2 Å². The molecule has 0 unspecified atom stereocenters. The van der Waals surface area contributed by atoms with Crippen LogP contribution in [-0.4, -0.2) is 52.7 Å². The number of benzene rings is 2. The third-order valence-corrected chi connectivity index (χ3v) is 7.94. The number of nitrogens with zero attached hydrogens (tertiary/aromatic N) is 4. The number of carbonyl (C=O) groups is 1. The lowest BCUT2D eigenvalue weighted by molar-refractivity contribution is -0.143. The molecule has 0 aliphatic carbocycles. The Morgan fingerprint density at radius 2 is 1.57 bits per heavy atom. The fourth-order valence-corrected chi connectivity index (χ4v) is 5.52. The largest absolute Gasteiger partial charge is 0.416 e. The molecule has 2 N–H and O–H groups in total. The summed E-state index contributed by atoms with van der Waals surface area (Å²) in [6.07, 6.45) is -9.27. The van der Waals surface area contributed by atoms with Crippen molar-refractivity contribution >= 4 is 27.7 Å². The highest BCUT2D eigenvalue weighted by Crippen LogP contribution is 2.38. The summed E-state index contributed by atoms with van der Waals surface area (Å²) in [5, 5.41) is 3.85. The minimum absolute atomic E-state index is 0.0282. The summed E-state index contributed by atoms with van der Waals surface area (Å²) in [5.74, 6) is -1.55. The van der Waals surface area contributed by atoms with Crippen molar-refractivity contribution in [3.63, 3.8) is 0 Å². The number of halogens is 7.